The number of rotatable bonds is 6. The van der Waals surface area contributed by atoms with Crippen LogP contribution in [0.5, 0.6) is 5.75 Å². The summed E-state index contributed by atoms with van der Waals surface area (Å²) >= 11 is 0. The van der Waals surface area contributed by atoms with Gasteiger partial charge in [0.25, 0.3) is 0 Å². The van der Waals surface area contributed by atoms with E-state index in [-0.39, 0.29) is 18.3 Å². The Kier molecular flexibility index (Phi) is 5.69. The van der Waals surface area contributed by atoms with Crippen LogP contribution >= 0.6 is 0 Å². The molecule has 0 radical (unpaired) electrons. The zero-order valence-corrected chi connectivity index (χ0v) is 17.4. The largest absolute Gasteiger partial charge is 0.497 e. The lowest BCUT2D eigenvalue weighted by molar-refractivity contribution is 0.00578. The van der Waals surface area contributed by atoms with Crippen LogP contribution in [0.3, 0.4) is 0 Å². The van der Waals surface area contributed by atoms with Crippen molar-refractivity contribution in [3.05, 3.63) is 59.7 Å². The van der Waals surface area contributed by atoms with Crippen LogP contribution in [0.4, 0.5) is 0 Å². The smallest absolute Gasteiger partial charge is 0.494 e. The van der Waals surface area contributed by atoms with E-state index in [1.165, 1.54) is 11.1 Å². The highest BCUT2D eigenvalue weighted by molar-refractivity contribution is 6.62. The molecule has 0 aliphatic carbocycles. The lowest BCUT2D eigenvalue weighted by Gasteiger charge is -2.32. The SMILES string of the molecule is COc1ccc(CCC(C)c2ccc(B3OC(C)(C)C(C)(C)O3)cc2)cc1. The van der Waals surface area contributed by atoms with Crippen molar-refractivity contribution in [1.82, 2.24) is 0 Å². The van der Waals surface area contributed by atoms with Crippen molar-refractivity contribution in [1.29, 1.82) is 0 Å². The zero-order chi connectivity index (χ0) is 19.7. The second-order valence-electron chi connectivity index (χ2n) is 8.54. The summed E-state index contributed by atoms with van der Waals surface area (Å²) in [5, 5.41) is 0. The summed E-state index contributed by atoms with van der Waals surface area (Å²) in [6.45, 7) is 10.6. The first-order chi connectivity index (χ1) is 12.7. The molecule has 1 fully saturated rings. The molecule has 1 saturated heterocycles. The molecule has 0 spiro atoms. The fourth-order valence-electron chi connectivity index (χ4n) is 3.30. The van der Waals surface area contributed by atoms with Gasteiger partial charge in [0.1, 0.15) is 5.75 Å². The number of benzene rings is 2. The van der Waals surface area contributed by atoms with Crippen molar-refractivity contribution in [2.24, 2.45) is 0 Å². The van der Waals surface area contributed by atoms with Gasteiger partial charge in [-0.25, -0.2) is 0 Å². The van der Waals surface area contributed by atoms with Crippen molar-refractivity contribution in [3.63, 3.8) is 0 Å². The highest BCUT2D eigenvalue weighted by Gasteiger charge is 2.51. The Morgan fingerprint density at radius 3 is 1.96 bits per heavy atom. The molecule has 2 aromatic carbocycles. The molecule has 0 saturated carbocycles. The van der Waals surface area contributed by atoms with Crippen LogP contribution in [0.1, 0.15) is 58.1 Å². The van der Waals surface area contributed by atoms with Crippen molar-refractivity contribution in [3.8, 4) is 5.75 Å². The van der Waals surface area contributed by atoms with Crippen molar-refractivity contribution in [2.45, 2.75) is 64.6 Å². The second-order valence-corrected chi connectivity index (χ2v) is 8.54. The minimum absolute atomic E-state index is 0.293. The summed E-state index contributed by atoms with van der Waals surface area (Å²) in [4.78, 5) is 0. The van der Waals surface area contributed by atoms with Crippen LogP contribution in [0.15, 0.2) is 48.5 Å². The van der Waals surface area contributed by atoms with E-state index >= 15 is 0 Å². The summed E-state index contributed by atoms with van der Waals surface area (Å²) in [6.07, 6.45) is 2.17. The van der Waals surface area contributed by atoms with Crippen LogP contribution < -0.4 is 10.2 Å². The van der Waals surface area contributed by atoms with Gasteiger partial charge in [-0.2, -0.15) is 0 Å². The first kappa shape index (κ1) is 20.0. The van der Waals surface area contributed by atoms with Gasteiger partial charge in [-0.1, -0.05) is 43.3 Å². The maximum absolute atomic E-state index is 6.14. The van der Waals surface area contributed by atoms with Gasteiger partial charge in [-0.05, 0) is 75.2 Å². The van der Waals surface area contributed by atoms with Crippen molar-refractivity contribution >= 4 is 12.6 Å². The van der Waals surface area contributed by atoms with E-state index in [1.54, 1.807) is 7.11 Å². The van der Waals surface area contributed by atoms with E-state index in [4.69, 9.17) is 14.0 Å². The highest BCUT2D eigenvalue weighted by Crippen LogP contribution is 2.36. The summed E-state index contributed by atoms with van der Waals surface area (Å²) in [7, 11) is 1.41. The minimum atomic E-state index is -0.304. The van der Waals surface area contributed by atoms with Gasteiger partial charge in [-0.15, -0.1) is 0 Å². The molecule has 144 valence electrons. The van der Waals surface area contributed by atoms with E-state index < -0.39 is 0 Å². The molecule has 0 bridgehead atoms. The third-order valence-electron chi connectivity index (χ3n) is 6.06. The van der Waals surface area contributed by atoms with Gasteiger partial charge in [0.15, 0.2) is 0 Å². The Morgan fingerprint density at radius 1 is 0.889 bits per heavy atom. The van der Waals surface area contributed by atoms with E-state index in [0.29, 0.717) is 5.92 Å². The standard InChI is InChI=1S/C23H31BO3/c1-17(7-8-18-9-15-21(25-6)16-10-18)19-11-13-20(14-12-19)24-26-22(2,3)23(4,5)27-24/h9-17H,7-8H2,1-6H3. The van der Waals surface area contributed by atoms with E-state index in [1.807, 2.05) is 12.1 Å². The molecule has 1 heterocycles. The Balaban J connectivity index is 1.59. The molecule has 3 nitrogen and oxygen atoms in total. The summed E-state index contributed by atoms with van der Waals surface area (Å²) in [5.74, 6) is 1.41. The van der Waals surface area contributed by atoms with E-state index in [9.17, 15) is 0 Å². The molecule has 3 rings (SSSR count). The first-order valence-corrected chi connectivity index (χ1v) is 9.80. The number of hydrogen-bond donors (Lipinski definition) is 0. The van der Waals surface area contributed by atoms with Gasteiger partial charge >= 0.3 is 7.12 Å². The highest BCUT2D eigenvalue weighted by atomic mass is 16.7. The van der Waals surface area contributed by atoms with Crippen LogP contribution in [0, 0.1) is 0 Å². The monoisotopic (exact) mass is 366 g/mol. The molecule has 0 aromatic heterocycles. The van der Waals surface area contributed by atoms with Gasteiger partial charge in [0, 0.05) is 0 Å². The quantitative estimate of drug-likeness (QED) is 0.692. The maximum atomic E-state index is 6.14. The molecular weight excluding hydrogens is 335 g/mol. The molecule has 4 heteroatoms. The van der Waals surface area contributed by atoms with Gasteiger partial charge in [0.05, 0.1) is 18.3 Å². The Bertz CT molecular complexity index is 734. The third kappa shape index (κ3) is 4.39. The molecule has 1 aliphatic heterocycles. The predicted molar refractivity (Wildman–Crippen MR) is 112 cm³/mol. The van der Waals surface area contributed by atoms with Crippen LogP contribution in [0.2, 0.25) is 0 Å². The van der Waals surface area contributed by atoms with E-state index in [0.717, 1.165) is 24.1 Å². The summed E-state index contributed by atoms with van der Waals surface area (Å²) in [5.41, 5.74) is 3.17. The molecule has 0 amide bonds. The average molecular weight is 366 g/mol. The fourth-order valence-corrected chi connectivity index (χ4v) is 3.30. The molecule has 27 heavy (non-hydrogen) atoms. The topological polar surface area (TPSA) is 27.7 Å². The zero-order valence-electron chi connectivity index (χ0n) is 17.4. The lowest BCUT2D eigenvalue weighted by atomic mass is 9.78. The van der Waals surface area contributed by atoms with Crippen LogP contribution in [0.25, 0.3) is 0 Å². The summed E-state index contributed by atoms with van der Waals surface area (Å²) < 4.78 is 17.5. The number of methoxy groups -OCH3 is 1. The number of aryl methyl sites for hydroxylation is 1. The molecule has 1 atom stereocenters. The Hall–Kier alpha value is -1.78. The fraction of sp³-hybridized carbons (Fsp3) is 0.478. The number of hydrogen-bond acceptors (Lipinski definition) is 3. The lowest BCUT2D eigenvalue weighted by Crippen LogP contribution is -2.41. The van der Waals surface area contributed by atoms with Gasteiger partial charge < -0.3 is 14.0 Å². The third-order valence-corrected chi connectivity index (χ3v) is 6.06. The van der Waals surface area contributed by atoms with Gasteiger partial charge in [0.2, 0.25) is 0 Å². The Morgan fingerprint density at radius 2 is 1.44 bits per heavy atom. The molecule has 2 aromatic rings. The number of ether oxygens (including phenoxy) is 1. The van der Waals surface area contributed by atoms with Crippen LogP contribution in [-0.4, -0.2) is 25.4 Å². The van der Waals surface area contributed by atoms with Crippen molar-refractivity contribution in [2.75, 3.05) is 7.11 Å². The van der Waals surface area contributed by atoms with Crippen molar-refractivity contribution < 1.29 is 14.0 Å². The van der Waals surface area contributed by atoms with Crippen LogP contribution in [-0.2, 0) is 15.7 Å². The van der Waals surface area contributed by atoms with E-state index in [2.05, 4.69) is 71.0 Å². The second kappa shape index (κ2) is 7.69. The first-order valence-electron chi connectivity index (χ1n) is 9.80. The summed E-state index contributed by atoms with van der Waals surface area (Å²) in [6, 6.07) is 17.0. The predicted octanol–water partition coefficient (Wildman–Crippen LogP) is 4.73. The maximum Gasteiger partial charge on any atom is 0.494 e. The average Bonchev–Trinajstić information content (AvgIpc) is 2.87. The van der Waals surface area contributed by atoms with Gasteiger partial charge in [-0.3, -0.25) is 0 Å². The molecule has 0 N–H and O–H groups in total. The Labute approximate surface area is 164 Å². The molecule has 1 aliphatic rings. The molecule has 1 unspecified atom stereocenters. The minimum Gasteiger partial charge on any atom is -0.497 e. The normalized spacial score (nSPS) is 19.1. The molecular formula is C23H31BO3.